The molecule has 6 heteroatoms. The summed E-state index contributed by atoms with van der Waals surface area (Å²) in [5.74, 6) is 0.678. The van der Waals surface area contributed by atoms with Gasteiger partial charge in [0.2, 0.25) is 0 Å². The number of benzene rings is 1. The van der Waals surface area contributed by atoms with Crippen molar-refractivity contribution in [1.29, 1.82) is 5.41 Å². The summed E-state index contributed by atoms with van der Waals surface area (Å²) in [6.07, 6.45) is 1.44. The fourth-order valence-corrected chi connectivity index (χ4v) is 3.59. The van der Waals surface area contributed by atoms with E-state index in [0.29, 0.717) is 24.4 Å². The third-order valence-electron chi connectivity index (χ3n) is 4.85. The molecule has 124 valence electrons. The van der Waals surface area contributed by atoms with Crippen molar-refractivity contribution >= 4 is 11.7 Å². The topological polar surface area (TPSA) is 71.8 Å². The van der Waals surface area contributed by atoms with Crippen LogP contribution in [0.3, 0.4) is 0 Å². The number of nitrogens with one attached hydrogen (secondary N) is 1. The van der Waals surface area contributed by atoms with Gasteiger partial charge in [-0.15, -0.1) is 0 Å². The first-order chi connectivity index (χ1) is 11.1. The highest BCUT2D eigenvalue weighted by molar-refractivity contribution is 6.01. The minimum absolute atomic E-state index is 0.118. The quantitative estimate of drug-likeness (QED) is 0.861. The molecule has 2 aliphatic heterocycles. The molecule has 3 rings (SSSR count). The van der Waals surface area contributed by atoms with Gasteiger partial charge in [-0.25, -0.2) is 0 Å². The number of fused-ring (bicyclic) bond motifs is 3. The summed E-state index contributed by atoms with van der Waals surface area (Å²) in [4.78, 5) is 14.1. The Hall–Kier alpha value is -2.08. The number of piperidine rings is 1. The van der Waals surface area contributed by atoms with Crippen molar-refractivity contribution in [3.8, 4) is 11.5 Å². The zero-order valence-corrected chi connectivity index (χ0v) is 13.7. The number of nitrogens with zero attached hydrogens (tertiary/aromatic N) is 1. The lowest BCUT2D eigenvalue weighted by atomic mass is 9.82. The highest BCUT2D eigenvalue weighted by Gasteiger charge is 2.39. The second kappa shape index (κ2) is 6.20. The molecule has 2 aliphatic rings. The van der Waals surface area contributed by atoms with Crippen LogP contribution < -0.4 is 9.47 Å². The van der Waals surface area contributed by atoms with Crippen LogP contribution in [-0.4, -0.2) is 51.0 Å². The Morgan fingerprint density at radius 3 is 2.57 bits per heavy atom. The van der Waals surface area contributed by atoms with Gasteiger partial charge in [0, 0.05) is 31.3 Å². The molecule has 0 saturated carbocycles. The van der Waals surface area contributed by atoms with Gasteiger partial charge in [-0.05, 0) is 29.7 Å². The van der Waals surface area contributed by atoms with Crippen LogP contribution in [0.15, 0.2) is 12.1 Å². The molecule has 0 aromatic heterocycles. The maximum Gasteiger partial charge on any atom is 0.315 e. The second-order valence-electron chi connectivity index (χ2n) is 5.97. The number of rotatable bonds is 3. The lowest BCUT2D eigenvalue weighted by molar-refractivity contribution is -0.144. The number of esters is 1. The number of ether oxygens (including phenoxy) is 3. The van der Waals surface area contributed by atoms with Crippen LogP contribution in [0, 0.1) is 11.3 Å². The molecule has 1 saturated heterocycles. The summed E-state index contributed by atoms with van der Waals surface area (Å²) in [7, 11) is 4.64. The van der Waals surface area contributed by atoms with E-state index in [-0.39, 0.29) is 12.0 Å². The maximum absolute atomic E-state index is 11.9. The summed E-state index contributed by atoms with van der Waals surface area (Å²) in [5, 5.41) is 8.24. The molecule has 1 aromatic carbocycles. The number of carbonyl (C=O) groups is 1. The molecule has 2 heterocycles. The lowest BCUT2D eigenvalue weighted by Gasteiger charge is -2.43. The standard InChI is InChI=1S/C17H22N2O4/c1-21-15-6-10-4-5-19-9-12(17(20)23-3)13(18)8-14(19)11(10)7-16(15)22-2/h6-7,12,14,18H,4-5,8-9H2,1-3H3. The van der Waals surface area contributed by atoms with Crippen molar-refractivity contribution in [2.24, 2.45) is 5.92 Å². The SMILES string of the molecule is COC(=O)C1CN2CCc3cc(OC)c(OC)cc3C2CC1=N. The second-order valence-corrected chi connectivity index (χ2v) is 5.97. The van der Waals surface area contributed by atoms with Gasteiger partial charge in [-0.3, -0.25) is 9.69 Å². The van der Waals surface area contributed by atoms with E-state index < -0.39 is 5.92 Å². The molecular formula is C17H22N2O4. The highest BCUT2D eigenvalue weighted by Crippen LogP contribution is 2.41. The molecular weight excluding hydrogens is 296 g/mol. The third kappa shape index (κ3) is 2.67. The number of hydrogen-bond donors (Lipinski definition) is 1. The monoisotopic (exact) mass is 318 g/mol. The zero-order chi connectivity index (χ0) is 16.6. The highest BCUT2D eigenvalue weighted by atomic mass is 16.5. The van der Waals surface area contributed by atoms with Gasteiger partial charge in [0.1, 0.15) is 5.92 Å². The first-order valence-electron chi connectivity index (χ1n) is 7.73. The van der Waals surface area contributed by atoms with E-state index in [9.17, 15) is 4.79 Å². The van der Waals surface area contributed by atoms with E-state index in [4.69, 9.17) is 19.6 Å². The van der Waals surface area contributed by atoms with E-state index in [0.717, 1.165) is 18.7 Å². The third-order valence-corrected chi connectivity index (χ3v) is 4.85. The van der Waals surface area contributed by atoms with Crippen LogP contribution in [0.5, 0.6) is 11.5 Å². The van der Waals surface area contributed by atoms with Crippen molar-refractivity contribution in [3.63, 3.8) is 0 Å². The fourth-order valence-electron chi connectivity index (χ4n) is 3.59. The van der Waals surface area contributed by atoms with Crippen LogP contribution in [0.4, 0.5) is 0 Å². The predicted molar refractivity (Wildman–Crippen MR) is 85.4 cm³/mol. The molecule has 1 aromatic rings. The van der Waals surface area contributed by atoms with E-state index >= 15 is 0 Å². The van der Waals surface area contributed by atoms with Crippen molar-refractivity contribution < 1.29 is 19.0 Å². The largest absolute Gasteiger partial charge is 0.493 e. The number of carbonyl (C=O) groups excluding carboxylic acids is 1. The Balaban J connectivity index is 1.93. The van der Waals surface area contributed by atoms with Crippen LogP contribution in [0.25, 0.3) is 0 Å². The molecule has 0 amide bonds. The summed E-state index contributed by atoms with van der Waals surface area (Å²) in [5.41, 5.74) is 2.84. The van der Waals surface area contributed by atoms with Gasteiger partial charge in [0.05, 0.1) is 21.3 Å². The van der Waals surface area contributed by atoms with Gasteiger partial charge < -0.3 is 19.6 Å². The first-order valence-corrected chi connectivity index (χ1v) is 7.73. The summed E-state index contributed by atoms with van der Waals surface area (Å²) in [6, 6.07) is 4.16. The minimum atomic E-state index is -0.446. The average molecular weight is 318 g/mol. The Morgan fingerprint density at radius 2 is 1.91 bits per heavy atom. The number of hydrogen-bond acceptors (Lipinski definition) is 6. The van der Waals surface area contributed by atoms with Gasteiger partial charge in [-0.2, -0.15) is 0 Å². The van der Waals surface area contributed by atoms with Crippen LogP contribution in [-0.2, 0) is 16.0 Å². The predicted octanol–water partition coefficient (Wildman–Crippen LogP) is 1.82. The zero-order valence-electron chi connectivity index (χ0n) is 13.7. The summed E-state index contributed by atoms with van der Waals surface area (Å²) >= 11 is 0. The first kappa shape index (κ1) is 15.8. The smallest absolute Gasteiger partial charge is 0.315 e. The molecule has 0 radical (unpaired) electrons. The van der Waals surface area contributed by atoms with Crippen molar-refractivity contribution in [1.82, 2.24) is 4.90 Å². The van der Waals surface area contributed by atoms with Gasteiger partial charge in [0.25, 0.3) is 0 Å². The van der Waals surface area contributed by atoms with Crippen molar-refractivity contribution in [2.75, 3.05) is 34.4 Å². The Labute approximate surface area is 135 Å². The van der Waals surface area contributed by atoms with Crippen LogP contribution >= 0.6 is 0 Å². The molecule has 2 unspecified atom stereocenters. The van der Waals surface area contributed by atoms with E-state index in [1.807, 2.05) is 12.1 Å². The molecule has 0 aliphatic carbocycles. The van der Waals surface area contributed by atoms with E-state index in [1.54, 1.807) is 14.2 Å². The molecule has 0 spiro atoms. The van der Waals surface area contributed by atoms with Gasteiger partial charge >= 0.3 is 5.97 Å². The molecule has 0 bridgehead atoms. The fraction of sp³-hybridized carbons (Fsp3) is 0.529. The van der Waals surface area contributed by atoms with Crippen molar-refractivity contribution in [3.05, 3.63) is 23.3 Å². The summed E-state index contributed by atoms with van der Waals surface area (Å²) in [6.45, 7) is 1.41. The van der Waals surface area contributed by atoms with E-state index in [1.165, 1.54) is 18.2 Å². The van der Waals surface area contributed by atoms with E-state index in [2.05, 4.69) is 4.90 Å². The maximum atomic E-state index is 11.9. The summed E-state index contributed by atoms with van der Waals surface area (Å²) < 4.78 is 15.6. The molecule has 2 atom stereocenters. The Bertz CT molecular complexity index is 644. The number of methoxy groups -OCH3 is 3. The lowest BCUT2D eigenvalue weighted by Crippen LogP contribution is -2.48. The Kier molecular flexibility index (Phi) is 4.26. The molecule has 1 fully saturated rings. The van der Waals surface area contributed by atoms with Gasteiger partial charge in [0.15, 0.2) is 11.5 Å². The molecule has 23 heavy (non-hydrogen) atoms. The van der Waals surface area contributed by atoms with Crippen LogP contribution in [0.2, 0.25) is 0 Å². The molecule has 1 N–H and O–H groups in total. The minimum Gasteiger partial charge on any atom is -0.493 e. The molecule has 6 nitrogen and oxygen atoms in total. The van der Waals surface area contributed by atoms with Crippen LogP contribution in [0.1, 0.15) is 23.6 Å². The average Bonchev–Trinajstić information content (AvgIpc) is 2.59. The normalized spacial score (nSPS) is 23.7. The van der Waals surface area contributed by atoms with Gasteiger partial charge in [-0.1, -0.05) is 0 Å². The Morgan fingerprint density at radius 1 is 1.22 bits per heavy atom. The van der Waals surface area contributed by atoms with Crippen molar-refractivity contribution in [2.45, 2.75) is 18.9 Å².